The number of nitrogens with zero attached hydrogens (tertiary/aromatic N) is 2. The molecule has 0 N–H and O–H groups in total. The lowest BCUT2D eigenvalue weighted by Crippen LogP contribution is -2.53. The van der Waals surface area contributed by atoms with Gasteiger partial charge in [0.05, 0.1) is 16.5 Å². The maximum Gasteiger partial charge on any atom is 0.0714 e. The van der Waals surface area contributed by atoms with Crippen LogP contribution in [-0.2, 0) is 32.5 Å². The van der Waals surface area contributed by atoms with Gasteiger partial charge in [-0.1, -0.05) is 236 Å². The molecular weight excluding hydrogens is 1050 g/mol. The number of fused-ring (bicyclic) bond motifs is 6. The SMILES string of the molecule is CC(C)(C)c1ccc(C23C4=CC=C(CC4)C4(C)c5cccc(c54)N(c4ccccc4)c4ccc(c2c4)C2=c4c3ccc3c4=C(CC2)c2ccc4cc2C3(c2ccc(C(C)(C)C)cc2)c2ccc(cc2)C(C)(C)c2cccc(c2)N4c2ccccc2)cc1. The van der Waals surface area contributed by atoms with Gasteiger partial charge in [-0.2, -0.15) is 0 Å². The van der Waals surface area contributed by atoms with Crippen LogP contribution in [0, 0.1) is 0 Å². The molecule has 0 saturated heterocycles. The van der Waals surface area contributed by atoms with Crippen LogP contribution < -0.4 is 20.2 Å². The lowest BCUT2D eigenvalue weighted by molar-refractivity contribution is 0.587. The van der Waals surface area contributed by atoms with Gasteiger partial charge >= 0.3 is 0 Å². The molecule has 19 rings (SSSR count). The molecule has 0 aromatic heterocycles. The molecule has 0 saturated carbocycles. The van der Waals surface area contributed by atoms with Crippen molar-refractivity contribution >= 4 is 45.3 Å². The zero-order chi connectivity index (χ0) is 59.1. The molecule has 424 valence electrons. The van der Waals surface area contributed by atoms with E-state index >= 15 is 0 Å². The highest BCUT2D eigenvalue weighted by molar-refractivity contribution is 5.93. The Balaban J connectivity index is 1.04. The van der Waals surface area contributed by atoms with E-state index in [-0.39, 0.29) is 21.7 Å². The topological polar surface area (TPSA) is 6.48 Å². The number of hydrogen-bond donors (Lipinski definition) is 0. The van der Waals surface area contributed by atoms with E-state index in [0.29, 0.717) is 0 Å². The van der Waals surface area contributed by atoms with Crippen LogP contribution in [-0.4, -0.2) is 0 Å². The quantitative estimate of drug-likeness (QED) is 0.173. The summed E-state index contributed by atoms with van der Waals surface area (Å²) in [6.45, 7) is 21.4. The third kappa shape index (κ3) is 7.10. The normalized spacial score (nSPS) is 21.3. The summed E-state index contributed by atoms with van der Waals surface area (Å²) in [5, 5.41) is 2.85. The molecule has 0 fully saturated rings. The Kier molecular flexibility index (Phi) is 10.9. The molecule has 0 spiro atoms. The second-order valence-corrected chi connectivity index (χ2v) is 28.8. The summed E-state index contributed by atoms with van der Waals surface area (Å²) in [5.41, 5.74) is 31.5. The predicted molar refractivity (Wildman–Crippen MR) is 362 cm³/mol. The van der Waals surface area contributed by atoms with Crippen molar-refractivity contribution < 1.29 is 0 Å². The zero-order valence-corrected chi connectivity index (χ0v) is 51.7. The molecule has 9 aliphatic rings. The largest absolute Gasteiger partial charge is 0.310 e. The van der Waals surface area contributed by atoms with E-state index in [1.165, 1.54) is 133 Å². The predicted octanol–water partition coefficient (Wildman–Crippen LogP) is 19.7. The van der Waals surface area contributed by atoms with Gasteiger partial charge in [-0.05, 0) is 215 Å². The molecule has 4 heterocycles. The van der Waals surface area contributed by atoms with Crippen LogP contribution in [0.2, 0.25) is 0 Å². The zero-order valence-electron chi connectivity index (χ0n) is 51.7. The van der Waals surface area contributed by atoms with Crippen LogP contribution in [0.5, 0.6) is 0 Å². The van der Waals surface area contributed by atoms with Crippen LogP contribution in [0.4, 0.5) is 34.1 Å². The van der Waals surface area contributed by atoms with Gasteiger partial charge in [0.25, 0.3) is 0 Å². The van der Waals surface area contributed by atoms with Crippen molar-refractivity contribution in [2.45, 2.75) is 120 Å². The van der Waals surface area contributed by atoms with Gasteiger partial charge in [0.2, 0.25) is 0 Å². The standard InChI is InChI=1S/C85H74N2/c1-80(2,3)53-26-34-57(35-27-53)84-59-38-30-55(31-39-59)82(7,8)61-18-16-23-64(50-61)86(62-19-12-10-13-20-62)65-42-44-67(74(84)51-65)69-46-47-70-68-45-43-66-52-75(68)85(72-49-48-71(84)77(69)78(70)72,58-36-28-54(29-37-58)81(4,5)6)60-40-32-56(33-41-60)83(9)73-24-17-25-76(79(73)83)87(66)63-21-14-11-15-22-63/h10-32,34-40,42-45,48-52H,33,41,46-47H2,1-9H3. The van der Waals surface area contributed by atoms with Crippen LogP contribution in [0.15, 0.2) is 248 Å². The van der Waals surface area contributed by atoms with E-state index in [0.717, 1.165) is 42.7 Å². The highest BCUT2D eigenvalue weighted by Gasteiger charge is 2.55. The molecule has 10 aromatic carbocycles. The Hall–Kier alpha value is -8.98. The average molecular weight is 1120 g/mol. The van der Waals surface area contributed by atoms with Crippen molar-refractivity contribution in [3.05, 3.63) is 342 Å². The first-order chi connectivity index (χ1) is 42.0. The molecule has 2 nitrogen and oxygen atoms in total. The fourth-order valence-electron chi connectivity index (χ4n) is 17.4. The minimum absolute atomic E-state index is 0.0126. The summed E-state index contributed by atoms with van der Waals surface area (Å²) in [4.78, 5) is 5.08. The molecule has 5 aliphatic carbocycles. The van der Waals surface area contributed by atoms with E-state index in [1.54, 1.807) is 0 Å². The molecule has 3 unspecified atom stereocenters. The summed E-state index contributed by atoms with van der Waals surface area (Å²) >= 11 is 0. The lowest BCUT2D eigenvalue weighted by atomic mass is 9.54. The average Bonchev–Trinajstić information content (AvgIpc) is 1.21. The molecule has 2 heteroatoms. The molecule has 87 heavy (non-hydrogen) atoms. The second kappa shape index (κ2) is 18.1. The van der Waals surface area contributed by atoms with E-state index in [1.807, 2.05) is 0 Å². The van der Waals surface area contributed by atoms with Crippen molar-refractivity contribution in [1.82, 2.24) is 0 Å². The smallest absolute Gasteiger partial charge is 0.0714 e. The van der Waals surface area contributed by atoms with Gasteiger partial charge in [0, 0.05) is 39.3 Å². The molecule has 0 amide bonds. The number of benzene rings is 10. The van der Waals surface area contributed by atoms with E-state index < -0.39 is 10.8 Å². The first-order valence-corrected chi connectivity index (χ1v) is 31.9. The van der Waals surface area contributed by atoms with Gasteiger partial charge in [-0.3, -0.25) is 0 Å². The number of rotatable bonds is 4. The molecule has 10 aromatic rings. The number of anilines is 6. The maximum atomic E-state index is 2.65. The van der Waals surface area contributed by atoms with Gasteiger partial charge in [-0.15, -0.1) is 0 Å². The Bertz CT molecular complexity index is 4770. The molecule has 10 bridgehead atoms. The lowest BCUT2D eigenvalue weighted by Gasteiger charge is -2.48. The van der Waals surface area contributed by atoms with Crippen LogP contribution in [0.25, 0.3) is 11.1 Å². The molecule has 3 atom stereocenters. The molecule has 4 aliphatic heterocycles. The number of hydrogen-bond acceptors (Lipinski definition) is 2. The fourth-order valence-corrected chi connectivity index (χ4v) is 17.4. The molecular formula is C85H74N2. The van der Waals surface area contributed by atoms with Crippen molar-refractivity contribution in [1.29, 1.82) is 0 Å². The monoisotopic (exact) mass is 1120 g/mol. The van der Waals surface area contributed by atoms with Gasteiger partial charge in [-0.25, -0.2) is 0 Å². The fraction of sp³-hybridized carbons (Fsp3) is 0.224. The van der Waals surface area contributed by atoms with Crippen LogP contribution in [0.1, 0.15) is 171 Å². The summed E-state index contributed by atoms with van der Waals surface area (Å²) in [6.07, 6.45) is 8.96. The van der Waals surface area contributed by atoms with Crippen molar-refractivity contribution in [2.24, 2.45) is 0 Å². The third-order valence-corrected chi connectivity index (χ3v) is 22.0. The molecule has 0 radical (unpaired) electrons. The van der Waals surface area contributed by atoms with E-state index in [2.05, 4.69) is 309 Å². The Morgan fingerprint density at radius 3 is 1.36 bits per heavy atom. The highest BCUT2D eigenvalue weighted by Crippen LogP contribution is 2.64. The van der Waals surface area contributed by atoms with E-state index in [9.17, 15) is 0 Å². The highest BCUT2D eigenvalue weighted by atomic mass is 15.2. The second-order valence-electron chi connectivity index (χ2n) is 28.8. The van der Waals surface area contributed by atoms with Gasteiger partial charge in [0.15, 0.2) is 0 Å². The minimum Gasteiger partial charge on any atom is -0.310 e. The Morgan fingerprint density at radius 1 is 0.333 bits per heavy atom. The summed E-state index contributed by atoms with van der Waals surface area (Å²) < 4.78 is 0. The van der Waals surface area contributed by atoms with Crippen LogP contribution >= 0.6 is 0 Å². The first kappa shape index (κ1) is 52.4. The third-order valence-electron chi connectivity index (χ3n) is 22.0. The minimum atomic E-state index is -0.725. The Morgan fingerprint density at radius 2 is 0.793 bits per heavy atom. The van der Waals surface area contributed by atoms with Gasteiger partial charge < -0.3 is 9.80 Å². The number of allylic oxidation sites excluding steroid dienone is 4. The van der Waals surface area contributed by atoms with Crippen molar-refractivity contribution in [2.75, 3.05) is 9.80 Å². The summed E-state index contributed by atoms with van der Waals surface area (Å²) in [5.74, 6) is 0. The van der Waals surface area contributed by atoms with Gasteiger partial charge in [0.1, 0.15) is 0 Å². The van der Waals surface area contributed by atoms with E-state index in [4.69, 9.17) is 0 Å². The first-order valence-electron chi connectivity index (χ1n) is 31.9. The number of para-hydroxylation sites is 2. The summed E-state index contributed by atoms with van der Waals surface area (Å²) in [6, 6.07) is 88.8. The Labute approximate surface area is 514 Å². The summed E-state index contributed by atoms with van der Waals surface area (Å²) in [7, 11) is 0. The van der Waals surface area contributed by atoms with Crippen molar-refractivity contribution in [3.8, 4) is 0 Å². The maximum absolute atomic E-state index is 2.65. The van der Waals surface area contributed by atoms with Crippen LogP contribution in [0.3, 0.4) is 0 Å². The van der Waals surface area contributed by atoms with Crippen molar-refractivity contribution in [3.63, 3.8) is 0 Å².